The van der Waals surface area contributed by atoms with Gasteiger partial charge in [-0.15, -0.1) is 0 Å². The Hall–Kier alpha value is -1.02. The third kappa shape index (κ3) is 2.79. The monoisotopic (exact) mass is 259 g/mol. The molecule has 19 heavy (non-hydrogen) atoms. The lowest BCUT2D eigenvalue weighted by atomic mass is 9.78. The van der Waals surface area contributed by atoms with Gasteiger partial charge in [0.25, 0.3) is 0 Å². The Kier molecular flexibility index (Phi) is 3.79. The quantitative estimate of drug-likeness (QED) is 0.736. The highest BCUT2D eigenvalue weighted by atomic mass is 16.3. The highest BCUT2D eigenvalue weighted by Gasteiger charge is 2.35. The highest BCUT2D eigenvalue weighted by Crippen LogP contribution is 2.42. The van der Waals surface area contributed by atoms with Crippen molar-refractivity contribution in [1.82, 2.24) is 0 Å². The van der Waals surface area contributed by atoms with E-state index in [-0.39, 0.29) is 0 Å². The summed E-state index contributed by atoms with van der Waals surface area (Å²) in [5, 5.41) is 14.8. The Morgan fingerprint density at radius 3 is 2.84 bits per heavy atom. The first kappa shape index (κ1) is 13.0. The van der Waals surface area contributed by atoms with E-state index in [9.17, 15) is 5.11 Å². The standard InChI is InChI=1S/C17H25NO/c19-17-11-6-2-1-3-7-14(13-17)10-12-18-16-9-5-4-8-15(16)17/h4-5,8-9,14,18-19H,1-3,6-7,10-13H2. The predicted octanol–water partition coefficient (Wildman–Crippen LogP) is 4.05. The second kappa shape index (κ2) is 5.54. The number of aliphatic hydroxyl groups is 1. The molecule has 1 aliphatic heterocycles. The summed E-state index contributed by atoms with van der Waals surface area (Å²) in [6.07, 6.45) is 9.43. The van der Waals surface area contributed by atoms with Gasteiger partial charge in [-0.05, 0) is 31.2 Å². The third-order valence-corrected chi connectivity index (χ3v) is 4.88. The van der Waals surface area contributed by atoms with Crippen molar-refractivity contribution in [3.05, 3.63) is 29.8 Å². The molecule has 3 rings (SSSR count). The van der Waals surface area contributed by atoms with Gasteiger partial charge in [0, 0.05) is 17.8 Å². The van der Waals surface area contributed by atoms with E-state index in [1.165, 1.54) is 32.1 Å². The second-order valence-electron chi connectivity index (χ2n) is 6.32. The van der Waals surface area contributed by atoms with Crippen LogP contribution in [0.4, 0.5) is 5.69 Å². The van der Waals surface area contributed by atoms with Gasteiger partial charge in [0.05, 0.1) is 5.60 Å². The molecule has 1 saturated carbocycles. The summed E-state index contributed by atoms with van der Waals surface area (Å²) in [5.74, 6) is 0.670. The molecule has 0 aromatic heterocycles. The van der Waals surface area contributed by atoms with Gasteiger partial charge >= 0.3 is 0 Å². The van der Waals surface area contributed by atoms with Crippen molar-refractivity contribution < 1.29 is 5.11 Å². The van der Waals surface area contributed by atoms with Gasteiger partial charge in [0.15, 0.2) is 0 Å². The van der Waals surface area contributed by atoms with E-state index in [2.05, 4.69) is 29.6 Å². The van der Waals surface area contributed by atoms with E-state index in [1.807, 2.05) is 0 Å². The Morgan fingerprint density at radius 1 is 1.05 bits per heavy atom. The molecule has 2 unspecified atom stereocenters. The van der Waals surface area contributed by atoms with Crippen LogP contribution >= 0.6 is 0 Å². The molecular weight excluding hydrogens is 234 g/mol. The van der Waals surface area contributed by atoms with Crippen molar-refractivity contribution in [1.29, 1.82) is 0 Å². The van der Waals surface area contributed by atoms with Crippen molar-refractivity contribution in [3.63, 3.8) is 0 Å². The maximum Gasteiger partial charge on any atom is 0.0919 e. The number of nitrogens with one attached hydrogen (secondary N) is 1. The molecule has 2 atom stereocenters. The van der Waals surface area contributed by atoms with Gasteiger partial charge in [-0.1, -0.05) is 50.3 Å². The fraction of sp³-hybridized carbons (Fsp3) is 0.647. The van der Waals surface area contributed by atoms with Crippen molar-refractivity contribution in [2.24, 2.45) is 5.92 Å². The number of fused-ring (bicyclic) bond motifs is 4. The minimum Gasteiger partial charge on any atom is -0.385 e. The number of hydrogen-bond donors (Lipinski definition) is 2. The first-order valence-corrected chi connectivity index (χ1v) is 7.84. The van der Waals surface area contributed by atoms with Crippen LogP contribution in [0.15, 0.2) is 24.3 Å². The highest BCUT2D eigenvalue weighted by molar-refractivity contribution is 5.54. The lowest BCUT2D eigenvalue weighted by Crippen LogP contribution is -2.32. The molecule has 1 aromatic rings. The zero-order valence-corrected chi connectivity index (χ0v) is 11.7. The van der Waals surface area contributed by atoms with E-state index < -0.39 is 5.60 Å². The molecule has 104 valence electrons. The van der Waals surface area contributed by atoms with Gasteiger partial charge < -0.3 is 10.4 Å². The Bertz CT molecular complexity index is 431. The smallest absolute Gasteiger partial charge is 0.0919 e. The first-order chi connectivity index (χ1) is 9.28. The van der Waals surface area contributed by atoms with Crippen molar-refractivity contribution in [2.45, 2.75) is 57.0 Å². The normalized spacial score (nSPS) is 31.7. The average Bonchev–Trinajstić information content (AvgIpc) is 2.50. The number of hydrogen-bond acceptors (Lipinski definition) is 2. The zero-order chi connectivity index (χ0) is 13.1. The minimum atomic E-state index is -0.612. The second-order valence-corrected chi connectivity index (χ2v) is 6.32. The van der Waals surface area contributed by atoms with Crippen LogP contribution in [0.3, 0.4) is 0 Å². The van der Waals surface area contributed by atoms with Gasteiger partial charge in [0.1, 0.15) is 0 Å². The molecule has 2 bridgehead atoms. The lowest BCUT2D eigenvalue weighted by molar-refractivity contribution is -0.000220. The summed E-state index contributed by atoms with van der Waals surface area (Å²) in [6, 6.07) is 8.34. The summed E-state index contributed by atoms with van der Waals surface area (Å²) < 4.78 is 0. The van der Waals surface area contributed by atoms with Crippen LogP contribution in [0, 0.1) is 5.92 Å². The van der Waals surface area contributed by atoms with Crippen LogP contribution in [-0.4, -0.2) is 11.7 Å². The molecule has 2 heteroatoms. The van der Waals surface area contributed by atoms with Crippen LogP contribution in [0.25, 0.3) is 0 Å². The van der Waals surface area contributed by atoms with Gasteiger partial charge in [-0.25, -0.2) is 0 Å². The molecule has 2 nitrogen and oxygen atoms in total. The Morgan fingerprint density at radius 2 is 1.89 bits per heavy atom. The van der Waals surface area contributed by atoms with E-state index in [0.717, 1.165) is 37.1 Å². The molecule has 2 aliphatic rings. The molecule has 1 aliphatic carbocycles. The SMILES string of the molecule is OC12CCCCCCC(CCNc3ccccc31)C2. The number of benzene rings is 1. The molecule has 1 aromatic carbocycles. The van der Waals surface area contributed by atoms with Crippen LogP contribution in [0.5, 0.6) is 0 Å². The fourth-order valence-corrected chi connectivity index (χ4v) is 3.83. The third-order valence-electron chi connectivity index (χ3n) is 4.88. The average molecular weight is 259 g/mol. The van der Waals surface area contributed by atoms with E-state index >= 15 is 0 Å². The van der Waals surface area contributed by atoms with E-state index in [4.69, 9.17) is 0 Å². The Labute approximate surface area is 116 Å². The molecule has 1 heterocycles. The van der Waals surface area contributed by atoms with Gasteiger partial charge in [-0.2, -0.15) is 0 Å². The summed E-state index contributed by atoms with van der Waals surface area (Å²) in [5.41, 5.74) is 1.66. The van der Waals surface area contributed by atoms with Crippen LogP contribution in [0.2, 0.25) is 0 Å². The molecule has 0 amide bonds. The molecule has 0 spiro atoms. The van der Waals surface area contributed by atoms with Crippen molar-refractivity contribution in [2.75, 3.05) is 11.9 Å². The minimum absolute atomic E-state index is 0.612. The predicted molar refractivity (Wildman–Crippen MR) is 79.3 cm³/mol. The fourth-order valence-electron chi connectivity index (χ4n) is 3.83. The molecule has 0 saturated heterocycles. The van der Waals surface area contributed by atoms with Crippen LogP contribution in [-0.2, 0) is 5.60 Å². The maximum atomic E-state index is 11.2. The lowest BCUT2D eigenvalue weighted by Gasteiger charge is -2.36. The molecular formula is C17H25NO. The summed E-state index contributed by atoms with van der Waals surface area (Å²) in [7, 11) is 0. The topological polar surface area (TPSA) is 32.3 Å². The Balaban J connectivity index is 1.98. The largest absolute Gasteiger partial charge is 0.385 e. The van der Waals surface area contributed by atoms with E-state index in [0.29, 0.717) is 5.92 Å². The zero-order valence-electron chi connectivity index (χ0n) is 11.7. The molecule has 1 fully saturated rings. The molecule has 2 N–H and O–H groups in total. The first-order valence-electron chi connectivity index (χ1n) is 7.84. The maximum absolute atomic E-state index is 11.2. The van der Waals surface area contributed by atoms with Crippen LogP contribution in [0.1, 0.15) is 56.9 Å². The summed E-state index contributed by atoms with van der Waals surface area (Å²) in [6.45, 7) is 1.04. The summed E-state index contributed by atoms with van der Waals surface area (Å²) in [4.78, 5) is 0. The van der Waals surface area contributed by atoms with Gasteiger partial charge in [-0.3, -0.25) is 0 Å². The summed E-state index contributed by atoms with van der Waals surface area (Å²) >= 11 is 0. The number of rotatable bonds is 0. The molecule has 0 radical (unpaired) electrons. The van der Waals surface area contributed by atoms with E-state index in [1.54, 1.807) is 0 Å². The van der Waals surface area contributed by atoms with Gasteiger partial charge in [0.2, 0.25) is 0 Å². The number of para-hydroxylation sites is 1. The van der Waals surface area contributed by atoms with Crippen molar-refractivity contribution >= 4 is 5.69 Å². The van der Waals surface area contributed by atoms with Crippen LogP contribution < -0.4 is 5.32 Å². The van der Waals surface area contributed by atoms with Crippen molar-refractivity contribution in [3.8, 4) is 0 Å². The number of anilines is 1.